The van der Waals surface area contributed by atoms with E-state index in [1.165, 1.54) is 0 Å². The summed E-state index contributed by atoms with van der Waals surface area (Å²) in [5.41, 5.74) is 4.80. The monoisotopic (exact) mass is 974 g/mol. The number of carbonyl (C=O) groups excluding carboxylic acids is 4. The third-order valence-corrected chi connectivity index (χ3v) is 14.6. The van der Waals surface area contributed by atoms with E-state index in [1.54, 1.807) is 72.2 Å². The van der Waals surface area contributed by atoms with E-state index in [9.17, 15) is 19.2 Å². The van der Waals surface area contributed by atoms with E-state index in [4.69, 9.17) is 19.7 Å². The Bertz CT molecular complexity index is 3110. The lowest BCUT2D eigenvalue weighted by atomic mass is 9.90. The Balaban J connectivity index is 0.000000156. The molecule has 0 aliphatic heterocycles. The second kappa shape index (κ2) is 19.4. The predicted molar refractivity (Wildman–Crippen MR) is 268 cm³/mol. The number of hydrogen-bond donors (Lipinski definition) is 2. The van der Waals surface area contributed by atoms with Crippen LogP contribution < -0.4 is 20.1 Å². The molecule has 20 nitrogen and oxygen atoms in total. The topological polar surface area (TPSA) is 213 Å². The SMILES string of the molecule is CC(=O)N(C)C1CCC(n2cc3cc(C(=O)Nc4cnn5cccnc45)c(OC4CC4)cc3n2)CC1.CC(=O)N(C)C1CCC(n2cc3cc(C(=O)Nc4cnn5cccnc45)c(OC4CC4)cc3n2)CC1. The van der Waals surface area contributed by atoms with Crippen molar-refractivity contribution in [3.63, 3.8) is 0 Å². The fraction of sp³-hybridized carbons (Fsp3) is 0.423. The third-order valence-electron chi connectivity index (χ3n) is 14.6. The van der Waals surface area contributed by atoms with Gasteiger partial charge in [-0.1, -0.05) is 0 Å². The highest BCUT2D eigenvalue weighted by Gasteiger charge is 2.31. The molecule has 372 valence electrons. The van der Waals surface area contributed by atoms with Crippen LogP contribution in [0.1, 0.15) is 124 Å². The lowest BCUT2D eigenvalue weighted by Gasteiger charge is -2.34. The molecule has 20 heteroatoms. The van der Waals surface area contributed by atoms with E-state index in [-0.39, 0.29) is 60.0 Å². The first-order chi connectivity index (χ1) is 34.9. The van der Waals surface area contributed by atoms with Crippen LogP contribution in [-0.4, -0.2) is 121 Å². The molecular formula is C52H58N14O6. The first-order valence-electron chi connectivity index (χ1n) is 25.0. The molecule has 0 unspecified atom stereocenters. The van der Waals surface area contributed by atoms with Crippen LogP contribution in [0.25, 0.3) is 33.1 Å². The fourth-order valence-corrected chi connectivity index (χ4v) is 9.94. The van der Waals surface area contributed by atoms with Crippen molar-refractivity contribution in [1.29, 1.82) is 0 Å². The average Bonchev–Trinajstić information content (AvgIpc) is 4.20. The van der Waals surface area contributed by atoms with Crippen LogP contribution in [0.3, 0.4) is 0 Å². The number of fused-ring (bicyclic) bond motifs is 4. The summed E-state index contributed by atoms with van der Waals surface area (Å²) in [6, 6.07) is 12.2. The van der Waals surface area contributed by atoms with Gasteiger partial charge in [0.15, 0.2) is 11.3 Å². The number of hydrogen-bond acceptors (Lipinski definition) is 12. The molecule has 72 heavy (non-hydrogen) atoms. The zero-order valence-electron chi connectivity index (χ0n) is 40.8. The van der Waals surface area contributed by atoms with Gasteiger partial charge in [-0.3, -0.25) is 28.5 Å². The Morgan fingerprint density at radius 2 is 0.972 bits per heavy atom. The Morgan fingerprint density at radius 3 is 1.35 bits per heavy atom. The smallest absolute Gasteiger partial charge is 0.259 e. The van der Waals surface area contributed by atoms with Gasteiger partial charge in [-0.25, -0.2) is 19.0 Å². The van der Waals surface area contributed by atoms with Crippen LogP contribution in [0.2, 0.25) is 0 Å². The van der Waals surface area contributed by atoms with Crippen LogP contribution in [0, 0.1) is 0 Å². The van der Waals surface area contributed by atoms with Crippen molar-refractivity contribution in [3.05, 3.63) is 97.1 Å². The maximum Gasteiger partial charge on any atom is 0.259 e. The summed E-state index contributed by atoms with van der Waals surface area (Å²) in [5.74, 6) is 0.768. The summed E-state index contributed by atoms with van der Waals surface area (Å²) in [4.78, 5) is 62.5. The first-order valence-corrected chi connectivity index (χ1v) is 25.0. The van der Waals surface area contributed by atoms with E-state index in [1.807, 2.05) is 69.9 Å². The second-order valence-corrected chi connectivity index (χ2v) is 19.7. The van der Waals surface area contributed by atoms with Crippen molar-refractivity contribution in [3.8, 4) is 11.5 Å². The first kappa shape index (κ1) is 46.5. The van der Waals surface area contributed by atoms with E-state index in [0.717, 1.165) is 98.9 Å². The van der Waals surface area contributed by atoms with E-state index in [0.29, 0.717) is 45.3 Å². The molecule has 2 aromatic carbocycles. The van der Waals surface area contributed by atoms with Gasteiger partial charge in [-0.2, -0.15) is 20.4 Å². The lowest BCUT2D eigenvalue weighted by Crippen LogP contribution is -2.38. The van der Waals surface area contributed by atoms with Gasteiger partial charge in [0.05, 0.1) is 58.8 Å². The van der Waals surface area contributed by atoms with Crippen molar-refractivity contribution < 1.29 is 28.7 Å². The van der Waals surface area contributed by atoms with Crippen molar-refractivity contribution >= 4 is 68.1 Å². The molecule has 0 atom stereocenters. The van der Waals surface area contributed by atoms with Gasteiger partial charge in [0, 0.05) is 100 Å². The lowest BCUT2D eigenvalue weighted by molar-refractivity contribution is -0.131. The standard InChI is InChI=1S/2C26H29N7O3/c2*1-16(34)31(2)18-4-6-19(7-5-18)33-15-17-12-21(24(13-22(17)30-33)36-20-8-9-20)26(35)29-23-14-28-32-11-3-10-27-25(23)32/h2*3,10-15,18-20H,4-9H2,1-2H3,(H,29,35). The van der Waals surface area contributed by atoms with Gasteiger partial charge in [0.2, 0.25) is 11.8 Å². The molecule has 2 N–H and O–H groups in total. The minimum Gasteiger partial charge on any atom is -0.490 e. The Morgan fingerprint density at radius 1 is 0.569 bits per heavy atom. The van der Waals surface area contributed by atoms with Gasteiger partial charge >= 0.3 is 0 Å². The summed E-state index contributed by atoms with van der Waals surface area (Å²) in [5, 5.41) is 25.9. The summed E-state index contributed by atoms with van der Waals surface area (Å²) in [6.07, 6.45) is 26.0. The third kappa shape index (κ3) is 9.76. The van der Waals surface area contributed by atoms with Crippen LogP contribution in [-0.2, 0) is 9.59 Å². The Labute approximate surface area is 414 Å². The molecule has 0 bridgehead atoms. The number of ether oxygens (including phenoxy) is 2. The number of nitrogens with zero attached hydrogens (tertiary/aromatic N) is 12. The van der Waals surface area contributed by atoms with Gasteiger partial charge in [-0.15, -0.1) is 0 Å². The molecule has 6 aromatic heterocycles. The zero-order valence-corrected chi connectivity index (χ0v) is 40.8. The number of benzene rings is 2. The molecule has 4 aliphatic carbocycles. The average molecular weight is 975 g/mol. The molecule has 0 radical (unpaired) electrons. The van der Waals surface area contributed by atoms with Gasteiger partial charge in [0.1, 0.15) is 22.9 Å². The maximum atomic E-state index is 13.4. The Hall–Kier alpha value is -7.90. The molecule has 4 saturated carbocycles. The number of rotatable bonds is 12. The minimum atomic E-state index is -0.270. The van der Waals surface area contributed by atoms with Crippen molar-refractivity contribution in [2.75, 3.05) is 24.7 Å². The molecule has 6 heterocycles. The second-order valence-electron chi connectivity index (χ2n) is 19.7. The summed E-state index contributed by atoms with van der Waals surface area (Å²) < 4.78 is 19.5. The van der Waals surface area contributed by atoms with Gasteiger partial charge in [-0.05, 0) is 101 Å². The Kier molecular flexibility index (Phi) is 12.5. The molecule has 0 spiro atoms. The van der Waals surface area contributed by atoms with Crippen molar-refractivity contribution in [2.45, 2.75) is 127 Å². The quantitative estimate of drug-likeness (QED) is 0.121. The van der Waals surface area contributed by atoms with Crippen molar-refractivity contribution in [1.82, 2.24) is 58.6 Å². The summed E-state index contributed by atoms with van der Waals surface area (Å²) >= 11 is 0. The number of nitrogens with one attached hydrogen (secondary N) is 2. The number of aromatic nitrogens is 10. The van der Waals surface area contributed by atoms with E-state index < -0.39 is 0 Å². The van der Waals surface area contributed by atoms with E-state index >= 15 is 0 Å². The molecule has 4 amide bonds. The normalized spacial score (nSPS) is 19.9. The predicted octanol–water partition coefficient (Wildman–Crippen LogP) is 7.67. The molecular weight excluding hydrogens is 917 g/mol. The van der Waals surface area contributed by atoms with Crippen LogP contribution in [0.15, 0.2) is 86.0 Å². The number of anilines is 2. The van der Waals surface area contributed by atoms with Crippen LogP contribution in [0.4, 0.5) is 11.4 Å². The maximum absolute atomic E-state index is 13.4. The largest absolute Gasteiger partial charge is 0.490 e. The van der Waals surface area contributed by atoms with Gasteiger partial charge in [0.25, 0.3) is 11.8 Å². The van der Waals surface area contributed by atoms with Gasteiger partial charge < -0.3 is 29.9 Å². The van der Waals surface area contributed by atoms with Crippen LogP contribution in [0.5, 0.6) is 11.5 Å². The molecule has 0 saturated heterocycles. The van der Waals surface area contributed by atoms with E-state index in [2.05, 4.69) is 30.8 Å². The van der Waals surface area contributed by atoms with Crippen LogP contribution >= 0.6 is 0 Å². The highest BCUT2D eigenvalue weighted by atomic mass is 16.5. The summed E-state index contributed by atoms with van der Waals surface area (Å²) in [6.45, 7) is 3.24. The highest BCUT2D eigenvalue weighted by Crippen LogP contribution is 2.38. The minimum absolute atomic E-state index is 0.108. The zero-order chi connectivity index (χ0) is 49.6. The number of carbonyl (C=O) groups is 4. The number of amides is 4. The highest BCUT2D eigenvalue weighted by molar-refractivity contribution is 6.10. The van der Waals surface area contributed by atoms with Crippen molar-refractivity contribution in [2.24, 2.45) is 0 Å². The molecule has 4 fully saturated rings. The molecule has 8 aromatic rings. The fourth-order valence-electron chi connectivity index (χ4n) is 9.94. The molecule has 12 rings (SSSR count). The molecule has 4 aliphatic rings. The summed E-state index contributed by atoms with van der Waals surface area (Å²) in [7, 11) is 3.76.